The minimum Gasteiger partial charge on any atom is -0.497 e. The van der Waals surface area contributed by atoms with E-state index in [2.05, 4.69) is 5.32 Å². The van der Waals surface area contributed by atoms with Crippen molar-refractivity contribution in [1.29, 1.82) is 0 Å². The molecular weight excluding hydrogens is 614 g/mol. The number of benzene rings is 4. The van der Waals surface area contributed by atoms with E-state index in [1.807, 2.05) is 63.2 Å². The highest BCUT2D eigenvalue weighted by Crippen LogP contribution is 2.27. The number of ether oxygens (including phenoxy) is 2. The maximum absolute atomic E-state index is 14.6. The summed E-state index contributed by atoms with van der Waals surface area (Å²) in [5, 5.41) is 2.96. The molecule has 0 saturated carbocycles. The van der Waals surface area contributed by atoms with Crippen LogP contribution in [0.1, 0.15) is 37.0 Å². The Hall–Kier alpha value is -4.83. The van der Waals surface area contributed by atoms with Gasteiger partial charge >= 0.3 is 0 Å². The lowest BCUT2D eigenvalue weighted by Gasteiger charge is -2.34. The van der Waals surface area contributed by atoms with Crippen molar-refractivity contribution in [3.8, 4) is 11.5 Å². The molecule has 47 heavy (non-hydrogen) atoms. The van der Waals surface area contributed by atoms with Gasteiger partial charge in [-0.1, -0.05) is 67.1 Å². The second-order valence-corrected chi connectivity index (χ2v) is 13.0. The predicted molar refractivity (Wildman–Crippen MR) is 184 cm³/mol. The fourth-order valence-corrected chi connectivity index (χ4v) is 6.54. The van der Waals surface area contributed by atoms with Gasteiger partial charge in [0.05, 0.1) is 24.3 Å². The van der Waals surface area contributed by atoms with Gasteiger partial charge in [-0.25, -0.2) is 8.42 Å². The lowest BCUT2D eigenvalue weighted by molar-refractivity contribution is -0.140. The van der Waals surface area contributed by atoms with Crippen molar-refractivity contribution < 1.29 is 27.5 Å². The summed E-state index contributed by atoms with van der Waals surface area (Å²) >= 11 is 0. The summed E-state index contributed by atoms with van der Waals surface area (Å²) in [6.07, 6.45) is 0.956. The van der Waals surface area contributed by atoms with Crippen LogP contribution in [-0.4, -0.2) is 58.0 Å². The molecule has 0 aromatic heterocycles. The molecule has 9 nitrogen and oxygen atoms in total. The molecule has 10 heteroatoms. The number of nitrogens with zero attached hydrogens (tertiary/aromatic N) is 2. The van der Waals surface area contributed by atoms with E-state index in [0.717, 1.165) is 27.4 Å². The zero-order valence-corrected chi connectivity index (χ0v) is 28.2. The van der Waals surface area contributed by atoms with Crippen molar-refractivity contribution >= 4 is 27.5 Å². The third-order valence-corrected chi connectivity index (χ3v) is 9.42. The molecule has 0 unspecified atom stereocenters. The smallest absolute Gasteiger partial charge is 0.264 e. The fraction of sp³-hybridized carbons (Fsp3) is 0.297. The highest BCUT2D eigenvalue weighted by molar-refractivity contribution is 7.92. The van der Waals surface area contributed by atoms with E-state index >= 15 is 0 Å². The van der Waals surface area contributed by atoms with Crippen LogP contribution in [0.4, 0.5) is 5.69 Å². The molecule has 1 atom stereocenters. The molecule has 0 aliphatic carbocycles. The van der Waals surface area contributed by atoms with Gasteiger partial charge in [0.25, 0.3) is 10.0 Å². The molecule has 0 aliphatic rings. The topological polar surface area (TPSA) is 105 Å². The molecule has 2 amide bonds. The van der Waals surface area contributed by atoms with E-state index < -0.39 is 28.5 Å². The number of amides is 2. The first-order chi connectivity index (χ1) is 22.7. The van der Waals surface area contributed by atoms with Crippen LogP contribution in [0.25, 0.3) is 0 Å². The van der Waals surface area contributed by atoms with Gasteiger partial charge in [0.2, 0.25) is 11.8 Å². The minimum absolute atomic E-state index is 0.00944. The summed E-state index contributed by atoms with van der Waals surface area (Å²) in [6.45, 7) is 6.10. The van der Waals surface area contributed by atoms with E-state index in [4.69, 9.17) is 9.47 Å². The number of nitrogens with one attached hydrogen (secondary N) is 1. The van der Waals surface area contributed by atoms with Crippen LogP contribution in [0.2, 0.25) is 0 Å². The minimum atomic E-state index is -4.22. The maximum Gasteiger partial charge on any atom is 0.264 e. The summed E-state index contributed by atoms with van der Waals surface area (Å²) in [5.74, 6) is 0.290. The molecule has 0 saturated heterocycles. The number of sulfonamides is 1. The van der Waals surface area contributed by atoms with Crippen LogP contribution in [-0.2, 0) is 32.6 Å². The molecule has 0 heterocycles. The number of hydrogen-bond donors (Lipinski definition) is 1. The number of rotatable bonds is 16. The Morgan fingerprint density at radius 2 is 1.51 bits per heavy atom. The van der Waals surface area contributed by atoms with Crippen molar-refractivity contribution in [2.24, 2.45) is 0 Å². The van der Waals surface area contributed by atoms with Gasteiger partial charge in [-0.05, 0) is 79.9 Å². The van der Waals surface area contributed by atoms with Gasteiger partial charge in [0, 0.05) is 19.5 Å². The van der Waals surface area contributed by atoms with Gasteiger partial charge in [0.15, 0.2) is 0 Å². The molecule has 0 fully saturated rings. The van der Waals surface area contributed by atoms with Crippen LogP contribution in [0, 0.1) is 6.92 Å². The van der Waals surface area contributed by atoms with Gasteiger partial charge < -0.3 is 19.7 Å². The standard InChI is InChI=1S/C37H43N3O6S/c1-5-23-38-37(42)35(25-29-11-8-7-9-12-29)39(26-30-13-10-14-33(24-30)45-4)36(41)27-40(31-17-15-28(3)16-18-31)47(43,44)34-21-19-32(20-22-34)46-6-2/h7-22,24,35H,5-6,23,25-27H2,1-4H3,(H,38,42)/t35-/m0/s1. The number of carbonyl (C=O) groups excluding carboxylic acids is 2. The molecule has 248 valence electrons. The molecule has 1 N–H and O–H groups in total. The number of methoxy groups -OCH3 is 1. The second kappa shape index (κ2) is 16.6. The maximum atomic E-state index is 14.6. The van der Waals surface area contributed by atoms with Crippen molar-refractivity contribution in [2.45, 2.75) is 51.1 Å². The Morgan fingerprint density at radius 3 is 2.15 bits per heavy atom. The van der Waals surface area contributed by atoms with Crippen LogP contribution >= 0.6 is 0 Å². The molecule has 0 radical (unpaired) electrons. The first-order valence-corrected chi connectivity index (χ1v) is 17.2. The lowest BCUT2D eigenvalue weighted by atomic mass is 10.0. The highest BCUT2D eigenvalue weighted by atomic mass is 32.2. The summed E-state index contributed by atoms with van der Waals surface area (Å²) < 4.78 is 40.5. The Bertz CT molecular complexity index is 1710. The van der Waals surface area contributed by atoms with Gasteiger partial charge in [-0.2, -0.15) is 0 Å². The highest BCUT2D eigenvalue weighted by Gasteiger charge is 2.34. The summed E-state index contributed by atoms with van der Waals surface area (Å²) in [5.41, 5.74) is 2.86. The van der Waals surface area contributed by atoms with Crippen molar-refractivity contribution in [1.82, 2.24) is 10.2 Å². The first-order valence-electron chi connectivity index (χ1n) is 15.7. The molecular formula is C37H43N3O6S. The SMILES string of the molecule is CCCNC(=O)[C@H](Cc1ccccc1)N(Cc1cccc(OC)c1)C(=O)CN(c1ccc(C)cc1)S(=O)(=O)c1ccc(OCC)cc1. The summed E-state index contributed by atoms with van der Waals surface area (Å²) in [7, 11) is -2.66. The number of aryl methyl sites for hydroxylation is 1. The third-order valence-electron chi connectivity index (χ3n) is 7.63. The lowest BCUT2D eigenvalue weighted by Crippen LogP contribution is -2.53. The van der Waals surface area contributed by atoms with E-state index in [9.17, 15) is 18.0 Å². The van der Waals surface area contributed by atoms with Gasteiger partial charge in [-0.3, -0.25) is 13.9 Å². The molecule has 4 aromatic carbocycles. The molecule has 4 aromatic rings. The Balaban J connectivity index is 1.79. The molecule has 0 spiro atoms. The van der Waals surface area contributed by atoms with Crippen LogP contribution in [0.5, 0.6) is 11.5 Å². The average Bonchev–Trinajstić information content (AvgIpc) is 3.09. The zero-order chi connectivity index (χ0) is 33.8. The predicted octanol–water partition coefficient (Wildman–Crippen LogP) is 5.76. The van der Waals surface area contributed by atoms with Crippen LogP contribution in [0.3, 0.4) is 0 Å². The van der Waals surface area contributed by atoms with E-state index in [1.165, 1.54) is 17.0 Å². The van der Waals surface area contributed by atoms with Crippen LogP contribution in [0.15, 0.2) is 108 Å². The largest absolute Gasteiger partial charge is 0.497 e. The summed E-state index contributed by atoms with van der Waals surface area (Å²) in [6, 6.07) is 28.9. The summed E-state index contributed by atoms with van der Waals surface area (Å²) in [4.78, 5) is 29.8. The van der Waals surface area contributed by atoms with E-state index in [-0.39, 0.29) is 23.8 Å². The number of hydrogen-bond acceptors (Lipinski definition) is 6. The van der Waals surface area contributed by atoms with Gasteiger partial charge in [-0.15, -0.1) is 0 Å². The monoisotopic (exact) mass is 657 g/mol. The van der Waals surface area contributed by atoms with Crippen molar-refractivity contribution in [3.05, 3.63) is 120 Å². The third kappa shape index (κ3) is 9.36. The first kappa shape index (κ1) is 35.0. The van der Waals surface area contributed by atoms with E-state index in [0.29, 0.717) is 30.3 Å². The number of carbonyl (C=O) groups is 2. The molecule has 0 bridgehead atoms. The second-order valence-electron chi connectivity index (χ2n) is 11.1. The quantitative estimate of drug-likeness (QED) is 0.164. The number of anilines is 1. The van der Waals surface area contributed by atoms with Crippen molar-refractivity contribution in [2.75, 3.05) is 31.1 Å². The Labute approximate surface area is 278 Å². The average molecular weight is 658 g/mol. The normalized spacial score (nSPS) is 11.7. The molecule has 0 aliphatic heterocycles. The fourth-order valence-electron chi connectivity index (χ4n) is 5.13. The van der Waals surface area contributed by atoms with Crippen LogP contribution < -0.4 is 19.1 Å². The molecule has 4 rings (SSSR count). The van der Waals surface area contributed by atoms with Crippen molar-refractivity contribution in [3.63, 3.8) is 0 Å². The van der Waals surface area contributed by atoms with Gasteiger partial charge in [0.1, 0.15) is 24.1 Å². The Morgan fingerprint density at radius 1 is 0.830 bits per heavy atom. The Kier molecular flexibility index (Phi) is 12.4. The van der Waals surface area contributed by atoms with E-state index in [1.54, 1.807) is 55.6 Å². The zero-order valence-electron chi connectivity index (χ0n) is 27.4.